The van der Waals surface area contributed by atoms with Crippen molar-refractivity contribution in [2.75, 3.05) is 5.75 Å². The van der Waals surface area contributed by atoms with Crippen molar-refractivity contribution in [2.45, 2.75) is 32.1 Å². The summed E-state index contributed by atoms with van der Waals surface area (Å²) in [6.45, 7) is 4.72. The molecule has 4 aromatic rings. The van der Waals surface area contributed by atoms with E-state index in [0.29, 0.717) is 28.5 Å². The molecule has 0 saturated carbocycles. The topological polar surface area (TPSA) is 76.9 Å². The molecular weight excluding hydrogens is 428 g/mol. The van der Waals surface area contributed by atoms with Gasteiger partial charge in [0.25, 0.3) is 5.56 Å². The van der Waals surface area contributed by atoms with Crippen LogP contribution in [0.5, 0.6) is 0 Å². The number of amides is 1. The maximum absolute atomic E-state index is 13.3. The standard InChI is InChI=1S/C23H22N4O2S2/c1-15-16(2)31-21-20(15)22(29)27(13-18-10-6-7-11-24-18)23(26-21)30-14-19(28)25-12-17-8-4-3-5-9-17/h3-11H,12-14H2,1-2H3,(H,25,28). The Kier molecular flexibility index (Phi) is 6.48. The number of hydrogen-bond donors (Lipinski definition) is 1. The van der Waals surface area contributed by atoms with E-state index in [4.69, 9.17) is 4.98 Å². The number of carbonyl (C=O) groups is 1. The van der Waals surface area contributed by atoms with Crippen molar-refractivity contribution in [3.63, 3.8) is 0 Å². The van der Waals surface area contributed by atoms with E-state index in [1.807, 2.05) is 62.4 Å². The van der Waals surface area contributed by atoms with E-state index in [9.17, 15) is 9.59 Å². The third-order valence-corrected chi connectivity index (χ3v) is 7.04. The van der Waals surface area contributed by atoms with Crippen molar-refractivity contribution in [3.8, 4) is 0 Å². The first-order chi connectivity index (χ1) is 15.0. The molecule has 0 bridgehead atoms. The minimum absolute atomic E-state index is 0.0929. The average Bonchev–Trinajstić information content (AvgIpc) is 3.08. The molecule has 6 nitrogen and oxygen atoms in total. The monoisotopic (exact) mass is 450 g/mol. The van der Waals surface area contributed by atoms with Crippen LogP contribution in [0.2, 0.25) is 0 Å². The predicted octanol–water partition coefficient (Wildman–Crippen LogP) is 3.93. The Hall–Kier alpha value is -2.97. The predicted molar refractivity (Wildman–Crippen MR) is 126 cm³/mol. The van der Waals surface area contributed by atoms with Gasteiger partial charge >= 0.3 is 0 Å². The molecule has 0 atom stereocenters. The highest BCUT2D eigenvalue weighted by atomic mass is 32.2. The molecule has 1 amide bonds. The van der Waals surface area contributed by atoms with E-state index < -0.39 is 0 Å². The van der Waals surface area contributed by atoms with Crippen molar-refractivity contribution >= 4 is 39.2 Å². The van der Waals surface area contributed by atoms with Crippen LogP contribution in [0.1, 0.15) is 21.7 Å². The van der Waals surface area contributed by atoms with E-state index in [1.165, 1.54) is 23.1 Å². The summed E-state index contributed by atoms with van der Waals surface area (Å²) in [5, 5.41) is 4.10. The van der Waals surface area contributed by atoms with Gasteiger partial charge in [-0.05, 0) is 37.1 Å². The van der Waals surface area contributed by atoms with Crippen LogP contribution in [0.25, 0.3) is 10.2 Å². The summed E-state index contributed by atoms with van der Waals surface area (Å²) < 4.78 is 1.62. The number of benzene rings is 1. The lowest BCUT2D eigenvalue weighted by Gasteiger charge is -2.12. The zero-order valence-electron chi connectivity index (χ0n) is 17.3. The number of fused-ring (bicyclic) bond motifs is 1. The van der Waals surface area contributed by atoms with Gasteiger partial charge in [-0.3, -0.25) is 19.1 Å². The fourth-order valence-electron chi connectivity index (χ4n) is 3.19. The molecule has 3 aromatic heterocycles. The maximum atomic E-state index is 13.3. The van der Waals surface area contributed by atoms with Crippen LogP contribution < -0.4 is 10.9 Å². The Labute approximate surface area is 188 Å². The molecule has 0 unspecified atom stereocenters. The summed E-state index contributed by atoms with van der Waals surface area (Å²) >= 11 is 2.78. The number of aromatic nitrogens is 3. The summed E-state index contributed by atoms with van der Waals surface area (Å²) in [4.78, 5) is 36.6. The Morgan fingerprint density at radius 1 is 1.13 bits per heavy atom. The van der Waals surface area contributed by atoms with Crippen LogP contribution in [0.4, 0.5) is 0 Å². The Balaban J connectivity index is 1.58. The van der Waals surface area contributed by atoms with E-state index in [0.717, 1.165) is 21.7 Å². The van der Waals surface area contributed by atoms with Crippen LogP contribution in [0, 0.1) is 13.8 Å². The molecule has 3 heterocycles. The van der Waals surface area contributed by atoms with Gasteiger partial charge in [0.15, 0.2) is 5.16 Å². The molecule has 0 aliphatic carbocycles. The fraction of sp³-hybridized carbons (Fsp3) is 0.217. The molecule has 0 fully saturated rings. The molecule has 1 N–H and O–H groups in total. The fourth-order valence-corrected chi connectivity index (χ4v) is 5.09. The number of thiophene rings is 1. The number of thioether (sulfide) groups is 1. The third-order valence-electron chi connectivity index (χ3n) is 4.96. The van der Waals surface area contributed by atoms with Gasteiger partial charge in [-0.15, -0.1) is 11.3 Å². The van der Waals surface area contributed by atoms with Gasteiger partial charge in [0.05, 0.1) is 23.4 Å². The lowest BCUT2D eigenvalue weighted by molar-refractivity contribution is -0.118. The van der Waals surface area contributed by atoms with Crippen molar-refractivity contribution < 1.29 is 4.79 Å². The lowest BCUT2D eigenvalue weighted by atomic mass is 10.2. The molecule has 0 radical (unpaired) electrons. The minimum Gasteiger partial charge on any atom is -0.351 e. The molecule has 158 valence electrons. The molecule has 0 spiro atoms. The highest BCUT2D eigenvalue weighted by Crippen LogP contribution is 2.28. The summed E-state index contributed by atoms with van der Waals surface area (Å²) in [7, 11) is 0. The van der Waals surface area contributed by atoms with Gasteiger partial charge in [0.1, 0.15) is 4.83 Å². The van der Waals surface area contributed by atoms with Gasteiger partial charge in [0.2, 0.25) is 5.91 Å². The number of nitrogens with one attached hydrogen (secondary N) is 1. The summed E-state index contributed by atoms with van der Waals surface area (Å²) in [5.41, 5.74) is 2.68. The SMILES string of the molecule is Cc1sc2nc(SCC(=O)NCc3ccccc3)n(Cc3ccccn3)c(=O)c2c1C. The van der Waals surface area contributed by atoms with Crippen molar-refractivity contribution in [2.24, 2.45) is 0 Å². The Morgan fingerprint density at radius 2 is 1.90 bits per heavy atom. The molecule has 31 heavy (non-hydrogen) atoms. The summed E-state index contributed by atoms with van der Waals surface area (Å²) in [6.07, 6.45) is 1.70. The first-order valence-electron chi connectivity index (χ1n) is 9.87. The second-order valence-electron chi connectivity index (χ2n) is 7.12. The third kappa shape index (κ3) is 4.86. The molecular formula is C23H22N4O2S2. The number of aryl methyl sites for hydroxylation is 2. The minimum atomic E-state index is -0.105. The lowest BCUT2D eigenvalue weighted by Crippen LogP contribution is -2.27. The van der Waals surface area contributed by atoms with Gasteiger partial charge in [-0.1, -0.05) is 48.2 Å². The van der Waals surface area contributed by atoms with E-state index in [-0.39, 0.29) is 17.2 Å². The molecule has 0 aliphatic rings. The van der Waals surface area contributed by atoms with E-state index in [2.05, 4.69) is 10.3 Å². The van der Waals surface area contributed by atoms with E-state index >= 15 is 0 Å². The summed E-state index contributed by atoms with van der Waals surface area (Å²) in [6, 6.07) is 15.4. The van der Waals surface area contributed by atoms with Gasteiger partial charge in [-0.25, -0.2) is 4.98 Å². The largest absolute Gasteiger partial charge is 0.351 e. The van der Waals surface area contributed by atoms with Crippen LogP contribution in [-0.2, 0) is 17.9 Å². The van der Waals surface area contributed by atoms with Gasteiger partial charge in [0, 0.05) is 17.6 Å². The van der Waals surface area contributed by atoms with Crippen LogP contribution >= 0.6 is 23.1 Å². The smallest absolute Gasteiger partial charge is 0.263 e. The van der Waals surface area contributed by atoms with Gasteiger partial charge < -0.3 is 5.32 Å². The quantitative estimate of drug-likeness (QED) is 0.341. The first-order valence-corrected chi connectivity index (χ1v) is 11.7. The number of rotatable bonds is 7. The zero-order valence-corrected chi connectivity index (χ0v) is 18.9. The Bertz CT molecular complexity index is 1270. The highest BCUT2D eigenvalue weighted by Gasteiger charge is 2.18. The number of hydrogen-bond acceptors (Lipinski definition) is 6. The van der Waals surface area contributed by atoms with Crippen molar-refractivity contribution in [3.05, 3.63) is 86.8 Å². The average molecular weight is 451 g/mol. The Morgan fingerprint density at radius 3 is 2.65 bits per heavy atom. The zero-order chi connectivity index (χ0) is 21.8. The van der Waals surface area contributed by atoms with Crippen LogP contribution in [0.15, 0.2) is 64.7 Å². The number of carbonyl (C=O) groups excluding carboxylic acids is 1. The van der Waals surface area contributed by atoms with Gasteiger partial charge in [-0.2, -0.15) is 0 Å². The molecule has 0 saturated heterocycles. The first kappa shape index (κ1) is 21.3. The molecule has 8 heteroatoms. The number of pyridine rings is 1. The van der Waals surface area contributed by atoms with Crippen molar-refractivity contribution in [1.82, 2.24) is 19.9 Å². The maximum Gasteiger partial charge on any atom is 0.263 e. The highest BCUT2D eigenvalue weighted by molar-refractivity contribution is 7.99. The summed E-state index contributed by atoms with van der Waals surface area (Å²) in [5.74, 6) is 0.0715. The van der Waals surface area contributed by atoms with E-state index in [1.54, 1.807) is 10.8 Å². The van der Waals surface area contributed by atoms with Crippen LogP contribution in [-0.4, -0.2) is 26.2 Å². The van der Waals surface area contributed by atoms with Crippen LogP contribution in [0.3, 0.4) is 0 Å². The second-order valence-corrected chi connectivity index (χ2v) is 9.27. The normalized spacial score (nSPS) is 11.0. The number of nitrogens with zero attached hydrogens (tertiary/aromatic N) is 3. The molecule has 1 aromatic carbocycles. The molecule has 4 rings (SSSR count). The molecule has 0 aliphatic heterocycles. The van der Waals surface area contributed by atoms with Crippen molar-refractivity contribution in [1.29, 1.82) is 0 Å². The second kappa shape index (κ2) is 9.45.